The molecule has 0 saturated carbocycles. The maximum Gasteiger partial charge on any atom is 0.133 e. The smallest absolute Gasteiger partial charge is 0.133 e. The molecule has 0 bridgehead atoms. The van der Waals surface area contributed by atoms with Crippen LogP contribution in [0, 0.1) is 0 Å². The van der Waals surface area contributed by atoms with E-state index in [9.17, 15) is 0 Å². The lowest BCUT2D eigenvalue weighted by molar-refractivity contribution is 0.320. The number of fused-ring (bicyclic) bond motifs is 1. The number of nitrogens with zero attached hydrogens (tertiary/aromatic N) is 2. The van der Waals surface area contributed by atoms with Crippen molar-refractivity contribution in [3.8, 4) is 0 Å². The van der Waals surface area contributed by atoms with Crippen LogP contribution >= 0.6 is 11.6 Å². The van der Waals surface area contributed by atoms with Gasteiger partial charge in [0.05, 0.1) is 0 Å². The van der Waals surface area contributed by atoms with Crippen molar-refractivity contribution in [2.75, 3.05) is 7.05 Å². The lowest BCUT2D eigenvalue weighted by Gasteiger charge is -2.18. The summed E-state index contributed by atoms with van der Waals surface area (Å²) in [5, 5.41) is 3.18. The molecule has 1 aromatic heterocycles. The Hall–Kier alpha value is -1.90. The summed E-state index contributed by atoms with van der Waals surface area (Å²) in [7, 11) is 2.10. The van der Waals surface area contributed by atoms with Gasteiger partial charge in [-0.05, 0) is 29.4 Å². The summed E-state index contributed by atoms with van der Waals surface area (Å²) in [6.45, 7) is 1.67. The van der Waals surface area contributed by atoms with E-state index in [0.717, 1.165) is 18.7 Å². The minimum Gasteiger partial charge on any atom is -0.298 e. The van der Waals surface area contributed by atoms with E-state index < -0.39 is 0 Å². The van der Waals surface area contributed by atoms with E-state index in [-0.39, 0.29) is 0 Å². The minimum absolute atomic E-state index is 0.585. The van der Waals surface area contributed by atoms with Crippen molar-refractivity contribution in [3.05, 3.63) is 77.1 Å². The summed E-state index contributed by atoms with van der Waals surface area (Å²) in [4.78, 5) is 6.38. The Labute approximate surface area is 130 Å². The van der Waals surface area contributed by atoms with Gasteiger partial charge in [-0.3, -0.25) is 4.90 Å². The molecule has 0 radical (unpaired) electrons. The van der Waals surface area contributed by atoms with Crippen LogP contribution in [0.1, 0.15) is 11.1 Å². The van der Waals surface area contributed by atoms with Gasteiger partial charge in [-0.1, -0.05) is 60.1 Å². The SMILES string of the molecule is CN(Cc1cccnc1Cl)Cc1cccc2ccccc12. The maximum atomic E-state index is 6.13. The molecule has 3 aromatic rings. The molecule has 0 spiro atoms. The van der Waals surface area contributed by atoms with Gasteiger partial charge >= 0.3 is 0 Å². The van der Waals surface area contributed by atoms with E-state index in [1.165, 1.54) is 16.3 Å². The zero-order valence-electron chi connectivity index (χ0n) is 12.0. The van der Waals surface area contributed by atoms with E-state index in [1.54, 1.807) is 6.20 Å². The first kappa shape index (κ1) is 14.1. The molecule has 0 saturated heterocycles. The predicted molar refractivity (Wildman–Crippen MR) is 88.4 cm³/mol. The van der Waals surface area contributed by atoms with E-state index >= 15 is 0 Å². The van der Waals surface area contributed by atoms with Crippen LogP contribution in [0.2, 0.25) is 5.15 Å². The number of halogens is 1. The lowest BCUT2D eigenvalue weighted by Crippen LogP contribution is -2.17. The summed E-state index contributed by atoms with van der Waals surface area (Å²) in [5.74, 6) is 0. The molecule has 0 fully saturated rings. The van der Waals surface area contributed by atoms with Gasteiger partial charge in [-0.25, -0.2) is 4.98 Å². The number of pyridine rings is 1. The third kappa shape index (κ3) is 3.23. The van der Waals surface area contributed by atoms with Crippen molar-refractivity contribution in [1.82, 2.24) is 9.88 Å². The summed E-state index contributed by atoms with van der Waals surface area (Å²) in [5.41, 5.74) is 2.39. The highest BCUT2D eigenvalue weighted by molar-refractivity contribution is 6.30. The van der Waals surface area contributed by atoms with Gasteiger partial charge in [-0.15, -0.1) is 0 Å². The predicted octanol–water partition coefficient (Wildman–Crippen LogP) is 4.52. The highest BCUT2D eigenvalue weighted by Crippen LogP contribution is 2.21. The first-order valence-corrected chi connectivity index (χ1v) is 7.36. The Balaban J connectivity index is 1.81. The second kappa shape index (κ2) is 6.25. The van der Waals surface area contributed by atoms with E-state index in [2.05, 4.69) is 59.4 Å². The second-order valence-corrected chi connectivity index (χ2v) is 5.62. The third-order valence-electron chi connectivity index (χ3n) is 3.60. The van der Waals surface area contributed by atoms with Gasteiger partial charge in [0.2, 0.25) is 0 Å². The van der Waals surface area contributed by atoms with Gasteiger partial charge < -0.3 is 0 Å². The van der Waals surface area contributed by atoms with Crippen LogP contribution in [0.5, 0.6) is 0 Å². The van der Waals surface area contributed by atoms with Gasteiger partial charge in [0, 0.05) is 24.8 Å². The molecule has 0 amide bonds. The van der Waals surface area contributed by atoms with Crippen LogP contribution < -0.4 is 0 Å². The third-order valence-corrected chi connectivity index (χ3v) is 3.94. The zero-order valence-corrected chi connectivity index (χ0v) is 12.7. The van der Waals surface area contributed by atoms with Gasteiger partial charge in [0.15, 0.2) is 0 Å². The first-order chi connectivity index (χ1) is 10.2. The molecule has 0 aliphatic carbocycles. The van der Waals surface area contributed by atoms with Gasteiger partial charge in [0.25, 0.3) is 0 Å². The Morgan fingerprint density at radius 3 is 2.48 bits per heavy atom. The summed E-state index contributed by atoms with van der Waals surface area (Å²) in [6, 6.07) is 18.9. The van der Waals surface area contributed by atoms with Crippen molar-refractivity contribution in [2.45, 2.75) is 13.1 Å². The standard InChI is InChI=1S/C18H17ClN2/c1-21(13-16-9-5-11-20-18(16)19)12-15-8-4-7-14-6-2-3-10-17(14)15/h2-11H,12-13H2,1H3. The lowest BCUT2D eigenvalue weighted by atomic mass is 10.0. The molecule has 0 N–H and O–H groups in total. The molecule has 21 heavy (non-hydrogen) atoms. The number of benzene rings is 2. The van der Waals surface area contributed by atoms with Gasteiger partial charge in [-0.2, -0.15) is 0 Å². The number of hydrogen-bond donors (Lipinski definition) is 0. The molecule has 0 aliphatic heterocycles. The van der Waals surface area contributed by atoms with Crippen molar-refractivity contribution in [1.29, 1.82) is 0 Å². The van der Waals surface area contributed by atoms with E-state index in [4.69, 9.17) is 11.6 Å². The van der Waals surface area contributed by atoms with Gasteiger partial charge in [0.1, 0.15) is 5.15 Å². The number of aromatic nitrogens is 1. The molecule has 0 atom stereocenters. The largest absolute Gasteiger partial charge is 0.298 e. The van der Waals surface area contributed by atoms with Crippen LogP contribution in [0.15, 0.2) is 60.8 Å². The fourth-order valence-corrected chi connectivity index (χ4v) is 2.78. The Kier molecular flexibility index (Phi) is 4.18. The normalized spacial score (nSPS) is 11.2. The molecule has 1 heterocycles. The van der Waals surface area contributed by atoms with Crippen molar-refractivity contribution >= 4 is 22.4 Å². The fourth-order valence-electron chi connectivity index (χ4n) is 2.61. The molecular formula is C18H17ClN2. The summed E-state index contributed by atoms with van der Waals surface area (Å²) >= 11 is 6.13. The van der Waals surface area contributed by atoms with E-state index in [1.807, 2.05) is 12.1 Å². The van der Waals surface area contributed by atoms with Crippen LogP contribution in [0.4, 0.5) is 0 Å². The minimum atomic E-state index is 0.585. The highest BCUT2D eigenvalue weighted by Gasteiger charge is 2.07. The summed E-state index contributed by atoms with van der Waals surface area (Å²) in [6.07, 6.45) is 1.72. The van der Waals surface area contributed by atoms with Crippen molar-refractivity contribution in [2.24, 2.45) is 0 Å². The highest BCUT2D eigenvalue weighted by atomic mass is 35.5. The van der Waals surface area contributed by atoms with Crippen LogP contribution in [-0.2, 0) is 13.1 Å². The molecule has 106 valence electrons. The van der Waals surface area contributed by atoms with E-state index in [0.29, 0.717) is 5.15 Å². The topological polar surface area (TPSA) is 16.1 Å². The quantitative estimate of drug-likeness (QED) is 0.658. The number of hydrogen-bond acceptors (Lipinski definition) is 2. The first-order valence-electron chi connectivity index (χ1n) is 6.98. The van der Waals surface area contributed by atoms with Crippen molar-refractivity contribution < 1.29 is 0 Å². The van der Waals surface area contributed by atoms with Crippen LogP contribution in [0.25, 0.3) is 10.8 Å². The molecule has 0 unspecified atom stereocenters. The molecule has 3 heteroatoms. The van der Waals surface area contributed by atoms with Crippen LogP contribution in [0.3, 0.4) is 0 Å². The molecular weight excluding hydrogens is 280 g/mol. The molecule has 0 aliphatic rings. The van der Waals surface area contributed by atoms with Crippen LogP contribution in [-0.4, -0.2) is 16.9 Å². The Morgan fingerprint density at radius 2 is 1.62 bits per heavy atom. The summed E-state index contributed by atoms with van der Waals surface area (Å²) < 4.78 is 0. The average molecular weight is 297 g/mol. The monoisotopic (exact) mass is 296 g/mol. The molecule has 2 aromatic carbocycles. The zero-order chi connectivity index (χ0) is 14.7. The average Bonchev–Trinajstić information content (AvgIpc) is 2.50. The Morgan fingerprint density at radius 1 is 0.905 bits per heavy atom. The number of rotatable bonds is 4. The molecule has 3 rings (SSSR count). The maximum absolute atomic E-state index is 6.13. The van der Waals surface area contributed by atoms with Crippen molar-refractivity contribution in [3.63, 3.8) is 0 Å². The molecule has 2 nitrogen and oxygen atoms in total. The fraction of sp³-hybridized carbons (Fsp3) is 0.167. The Bertz CT molecular complexity index is 750. The second-order valence-electron chi connectivity index (χ2n) is 5.26.